The zero-order chi connectivity index (χ0) is 8.69. The number of hydrogen-bond donors (Lipinski definition) is 0. The van der Waals surface area contributed by atoms with Crippen molar-refractivity contribution in [3.8, 4) is 0 Å². The lowest BCUT2D eigenvalue weighted by Crippen LogP contribution is -2.12. The van der Waals surface area contributed by atoms with E-state index in [2.05, 4.69) is 9.98 Å². The molecule has 0 aromatic rings. The molecule has 5 nitrogen and oxygen atoms in total. The van der Waals surface area contributed by atoms with Crippen molar-refractivity contribution in [3.05, 3.63) is 0 Å². The number of carbonyl (C=O) groups excluding carboxylic acids is 2. The van der Waals surface area contributed by atoms with Crippen LogP contribution in [-0.2, 0) is 14.3 Å². The Morgan fingerprint density at radius 1 is 1.09 bits per heavy atom. The first-order valence-corrected chi connectivity index (χ1v) is 3.00. The summed E-state index contributed by atoms with van der Waals surface area (Å²) in [4.78, 5) is 25.8. The molecule has 0 aromatic carbocycles. The average Bonchev–Trinajstić information content (AvgIpc) is 1.87. The first-order valence-electron chi connectivity index (χ1n) is 3.00. The summed E-state index contributed by atoms with van der Waals surface area (Å²) in [6.07, 6.45) is 1.40. The minimum absolute atomic E-state index is 0.625. The molecule has 0 N–H and O–H groups in total. The van der Waals surface area contributed by atoms with Crippen molar-refractivity contribution in [2.24, 2.45) is 9.98 Å². The first kappa shape index (κ1) is 9.72. The lowest BCUT2D eigenvalue weighted by atomic mass is 10.6. The third-order valence-corrected chi connectivity index (χ3v) is 0.863. The molecule has 0 spiro atoms. The van der Waals surface area contributed by atoms with E-state index in [9.17, 15) is 9.59 Å². The summed E-state index contributed by atoms with van der Waals surface area (Å²) in [6, 6.07) is 0. The van der Waals surface area contributed by atoms with Gasteiger partial charge in [-0.25, -0.2) is 9.59 Å². The van der Waals surface area contributed by atoms with E-state index in [0.29, 0.717) is 0 Å². The molecule has 0 amide bonds. The molecule has 0 heterocycles. The van der Waals surface area contributed by atoms with Gasteiger partial charge in [0.2, 0.25) is 12.2 Å². The Hall–Kier alpha value is -1.28. The lowest BCUT2D eigenvalue weighted by molar-refractivity contribution is 0.0191. The van der Waals surface area contributed by atoms with Crippen LogP contribution in [0.5, 0.6) is 0 Å². The van der Waals surface area contributed by atoms with Crippen molar-refractivity contribution in [3.63, 3.8) is 0 Å². The smallest absolute Gasteiger partial charge is 0.237 e. The number of aliphatic imine (C=N–C) groups is 2. The highest BCUT2D eigenvalue weighted by atomic mass is 16.5. The van der Waals surface area contributed by atoms with E-state index in [1.165, 1.54) is 12.2 Å². The van der Waals surface area contributed by atoms with Gasteiger partial charge in [0.05, 0.1) is 0 Å². The van der Waals surface area contributed by atoms with Gasteiger partial charge in [0, 0.05) is 0 Å². The van der Waals surface area contributed by atoms with E-state index in [-0.39, 0.29) is 0 Å². The number of ether oxygens (including phenoxy) is 1. The summed E-state index contributed by atoms with van der Waals surface area (Å²) < 4.78 is 4.87. The summed E-state index contributed by atoms with van der Waals surface area (Å²) in [5.74, 6) is 0. The molecule has 0 aliphatic heterocycles. The fraction of sp³-hybridized carbons (Fsp3) is 0.667. The van der Waals surface area contributed by atoms with Gasteiger partial charge in [-0.15, -0.1) is 0 Å². The normalized spacial score (nSPS) is 14.0. The van der Waals surface area contributed by atoms with Crippen LogP contribution in [0.3, 0.4) is 0 Å². The summed E-state index contributed by atoms with van der Waals surface area (Å²) in [7, 11) is 0. The molecule has 5 heteroatoms. The van der Waals surface area contributed by atoms with Crippen LogP contribution >= 0.6 is 0 Å². The predicted molar refractivity (Wildman–Crippen MR) is 36.3 cm³/mol. The molecule has 60 valence electrons. The maximum atomic E-state index is 9.68. The minimum atomic E-state index is -0.625. The molecule has 0 rings (SSSR count). The van der Waals surface area contributed by atoms with Crippen LogP contribution < -0.4 is 0 Å². The fourth-order valence-corrected chi connectivity index (χ4v) is 0.494. The van der Waals surface area contributed by atoms with E-state index >= 15 is 0 Å². The van der Waals surface area contributed by atoms with Gasteiger partial charge in [0.15, 0.2) is 12.5 Å². The molecule has 0 fully saturated rings. The second-order valence-corrected chi connectivity index (χ2v) is 1.78. The van der Waals surface area contributed by atoms with Crippen molar-refractivity contribution < 1.29 is 14.3 Å². The Balaban J connectivity index is 3.83. The first-order chi connectivity index (χ1) is 5.20. The summed E-state index contributed by atoms with van der Waals surface area (Å²) in [5.41, 5.74) is 0. The molecular weight excluding hydrogens is 148 g/mol. The largest absolute Gasteiger partial charge is 0.331 e. The molecule has 2 unspecified atom stereocenters. The third-order valence-electron chi connectivity index (χ3n) is 0.863. The summed E-state index contributed by atoms with van der Waals surface area (Å²) in [5, 5.41) is 0. The molecule has 0 bridgehead atoms. The number of hydrogen-bond acceptors (Lipinski definition) is 5. The van der Waals surface area contributed by atoms with E-state index in [0.717, 1.165) is 0 Å². The Morgan fingerprint density at radius 2 is 1.45 bits per heavy atom. The van der Waals surface area contributed by atoms with Gasteiger partial charge < -0.3 is 4.74 Å². The van der Waals surface area contributed by atoms with E-state index in [1.807, 2.05) is 0 Å². The van der Waals surface area contributed by atoms with Crippen LogP contribution in [0.2, 0.25) is 0 Å². The monoisotopic (exact) mass is 156 g/mol. The van der Waals surface area contributed by atoms with Crippen LogP contribution in [0.4, 0.5) is 0 Å². The SMILES string of the molecule is CC(N=C=O)OC(C)N=C=O. The van der Waals surface area contributed by atoms with Crippen LogP contribution in [0.1, 0.15) is 13.8 Å². The highest BCUT2D eigenvalue weighted by molar-refractivity contribution is 5.33. The van der Waals surface area contributed by atoms with Crippen LogP contribution in [0, 0.1) is 0 Å². The molecule has 0 aliphatic carbocycles. The van der Waals surface area contributed by atoms with E-state index in [1.54, 1.807) is 13.8 Å². The topological polar surface area (TPSA) is 68.1 Å². The van der Waals surface area contributed by atoms with Crippen LogP contribution in [-0.4, -0.2) is 24.6 Å². The summed E-state index contributed by atoms with van der Waals surface area (Å²) >= 11 is 0. The predicted octanol–water partition coefficient (Wildman–Crippen LogP) is 0.367. The standard InChI is InChI=1S/C6H8N2O3/c1-5(7-3-9)11-6(2)8-4-10/h5-6H,1-2H3. The third kappa shape index (κ3) is 5.18. The Kier molecular flexibility index (Phi) is 4.86. The lowest BCUT2D eigenvalue weighted by Gasteiger charge is -2.07. The van der Waals surface area contributed by atoms with Crippen LogP contribution in [0.15, 0.2) is 9.98 Å². The van der Waals surface area contributed by atoms with Gasteiger partial charge in [-0.3, -0.25) is 0 Å². The molecule has 11 heavy (non-hydrogen) atoms. The van der Waals surface area contributed by atoms with Crippen molar-refractivity contribution >= 4 is 12.2 Å². The Morgan fingerprint density at radius 3 is 1.73 bits per heavy atom. The Labute approximate surface area is 63.8 Å². The van der Waals surface area contributed by atoms with Crippen molar-refractivity contribution in [1.82, 2.24) is 0 Å². The second kappa shape index (κ2) is 5.50. The van der Waals surface area contributed by atoms with Gasteiger partial charge in [0.1, 0.15) is 0 Å². The maximum absolute atomic E-state index is 9.68. The zero-order valence-electron chi connectivity index (χ0n) is 6.27. The maximum Gasteiger partial charge on any atom is 0.237 e. The average molecular weight is 156 g/mol. The number of rotatable bonds is 4. The van der Waals surface area contributed by atoms with Gasteiger partial charge in [-0.05, 0) is 13.8 Å². The second-order valence-electron chi connectivity index (χ2n) is 1.78. The fourth-order valence-electron chi connectivity index (χ4n) is 0.494. The van der Waals surface area contributed by atoms with Crippen molar-refractivity contribution in [2.75, 3.05) is 0 Å². The molecule has 2 atom stereocenters. The zero-order valence-corrected chi connectivity index (χ0v) is 6.27. The highest BCUT2D eigenvalue weighted by Crippen LogP contribution is 1.98. The number of isocyanates is 2. The number of nitrogens with zero attached hydrogens (tertiary/aromatic N) is 2. The molecule has 0 saturated carbocycles. The van der Waals surface area contributed by atoms with Crippen molar-refractivity contribution in [1.29, 1.82) is 0 Å². The molecule has 0 aliphatic rings. The van der Waals surface area contributed by atoms with Crippen LogP contribution in [0.25, 0.3) is 0 Å². The molecule has 0 radical (unpaired) electrons. The summed E-state index contributed by atoms with van der Waals surface area (Å²) in [6.45, 7) is 3.09. The van der Waals surface area contributed by atoms with E-state index in [4.69, 9.17) is 4.74 Å². The Bertz CT molecular complexity index is 182. The molecule has 0 aromatic heterocycles. The highest BCUT2D eigenvalue weighted by Gasteiger charge is 2.03. The van der Waals surface area contributed by atoms with Gasteiger partial charge in [-0.1, -0.05) is 0 Å². The minimum Gasteiger partial charge on any atom is -0.331 e. The molecule has 0 saturated heterocycles. The van der Waals surface area contributed by atoms with Gasteiger partial charge in [-0.2, -0.15) is 9.98 Å². The molecular formula is C6H8N2O3. The van der Waals surface area contributed by atoms with Gasteiger partial charge in [0.25, 0.3) is 0 Å². The quantitative estimate of drug-likeness (QED) is 0.436. The van der Waals surface area contributed by atoms with E-state index < -0.39 is 12.5 Å². The van der Waals surface area contributed by atoms with Gasteiger partial charge >= 0.3 is 0 Å². The van der Waals surface area contributed by atoms with Crippen molar-refractivity contribution in [2.45, 2.75) is 26.3 Å².